The van der Waals surface area contributed by atoms with Crippen molar-refractivity contribution in [3.63, 3.8) is 0 Å². The average molecular weight is 349 g/mol. The molecule has 21 heavy (non-hydrogen) atoms. The highest BCUT2D eigenvalue weighted by molar-refractivity contribution is 7.85. The summed E-state index contributed by atoms with van der Waals surface area (Å²) in [6.45, 7) is 1.37. The van der Waals surface area contributed by atoms with E-state index in [1.165, 1.54) is 0 Å². The fourth-order valence-electron chi connectivity index (χ4n) is 2.54. The first-order chi connectivity index (χ1) is 9.99. The second kappa shape index (κ2) is 7.58. The summed E-state index contributed by atoms with van der Waals surface area (Å²) in [5.74, 6) is 0.102. The van der Waals surface area contributed by atoms with Gasteiger partial charge in [-0.25, -0.2) is 0 Å². The maximum Gasteiger partial charge on any atom is 0.234 e. The molecule has 1 aromatic rings. The van der Waals surface area contributed by atoms with Crippen molar-refractivity contribution in [1.82, 2.24) is 4.90 Å². The van der Waals surface area contributed by atoms with Crippen molar-refractivity contribution in [2.45, 2.75) is 30.2 Å². The third-order valence-electron chi connectivity index (χ3n) is 3.64. The predicted molar refractivity (Wildman–Crippen MR) is 86.1 cm³/mol. The number of benzene rings is 1. The Balaban J connectivity index is 1.99. The Kier molecular flexibility index (Phi) is 6.05. The standard InChI is InChI=1S/C14H18Cl2N2O2S/c15-10-4-5-11(16)13(9-10)21(20)8-7-18-6-2-1-3-12(18)14(17)19/h4-5,9,12H,1-3,6-8H2,(H2,17,19)/t12-,21+/m0/s1. The number of carbonyl (C=O) groups is 1. The average Bonchev–Trinajstić information content (AvgIpc) is 2.47. The zero-order valence-corrected chi connectivity index (χ0v) is 13.9. The number of nitrogens with zero attached hydrogens (tertiary/aromatic N) is 1. The van der Waals surface area contributed by atoms with Crippen molar-refractivity contribution < 1.29 is 9.00 Å². The fourth-order valence-corrected chi connectivity index (χ4v) is 4.32. The van der Waals surface area contributed by atoms with Crippen LogP contribution in [0.5, 0.6) is 0 Å². The fraction of sp³-hybridized carbons (Fsp3) is 0.500. The number of primary amides is 1. The molecule has 0 saturated carbocycles. The minimum absolute atomic E-state index is 0.245. The number of rotatable bonds is 5. The lowest BCUT2D eigenvalue weighted by atomic mass is 10.0. The van der Waals surface area contributed by atoms with Crippen LogP contribution in [0.3, 0.4) is 0 Å². The van der Waals surface area contributed by atoms with Gasteiger partial charge in [0.05, 0.1) is 26.8 Å². The summed E-state index contributed by atoms with van der Waals surface area (Å²) in [6, 6.07) is 4.69. The van der Waals surface area contributed by atoms with E-state index in [9.17, 15) is 9.00 Å². The van der Waals surface area contributed by atoms with Crippen molar-refractivity contribution in [1.29, 1.82) is 0 Å². The summed E-state index contributed by atoms with van der Waals surface area (Å²) >= 11 is 12.0. The summed E-state index contributed by atoms with van der Waals surface area (Å²) in [4.78, 5) is 14.0. The molecule has 1 fully saturated rings. The van der Waals surface area contributed by atoms with Gasteiger partial charge in [0.1, 0.15) is 0 Å². The maximum absolute atomic E-state index is 12.4. The van der Waals surface area contributed by atoms with Crippen molar-refractivity contribution in [2.75, 3.05) is 18.8 Å². The molecule has 116 valence electrons. The second-order valence-corrected chi connectivity index (χ2v) is 7.46. The van der Waals surface area contributed by atoms with Gasteiger partial charge >= 0.3 is 0 Å². The summed E-state index contributed by atoms with van der Waals surface area (Å²) in [5, 5.41) is 0.957. The second-order valence-electron chi connectivity index (χ2n) is 5.07. The van der Waals surface area contributed by atoms with E-state index in [1.54, 1.807) is 18.2 Å². The summed E-state index contributed by atoms with van der Waals surface area (Å²) in [6.07, 6.45) is 2.82. The molecule has 0 unspecified atom stereocenters. The molecule has 2 N–H and O–H groups in total. The molecule has 1 heterocycles. The van der Waals surface area contributed by atoms with Crippen LogP contribution < -0.4 is 5.73 Å². The van der Waals surface area contributed by atoms with Crippen LogP contribution in [0.4, 0.5) is 0 Å². The van der Waals surface area contributed by atoms with Gasteiger partial charge < -0.3 is 5.73 Å². The van der Waals surface area contributed by atoms with Gasteiger partial charge in [-0.1, -0.05) is 29.6 Å². The minimum atomic E-state index is -1.25. The van der Waals surface area contributed by atoms with E-state index in [1.807, 2.05) is 4.90 Å². The van der Waals surface area contributed by atoms with Crippen LogP contribution in [-0.2, 0) is 15.6 Å². The van der Waals surface area contributed by atoms with Crippen LogP contribution in [0.1, 0.15) is 19.3 Å². The minimum Gasteiger partial charge on any atom is -0.368 e. The van der Waals surface area contributed by atoms with E-state index in [4.69, 9.17) is 28.9 Å². The Labute approximate surface area is 137 Å². The Bertz CT molecular complexity index is 554. The molecule has 0 aliphatic carbocycles. The first kappa shape index (κ1) is 16.7. The van der Waals surface area contributed by atoms with Crippen LogP contribution in [0.2, 0.25) is 10.0 Å². The van der Waals surface area contributed by atoms with Crippen molar-refractivity contribution in [3.8, 4) is 0 Å². The van der Waals surface area contributed by atoms with Crippen molar-refractivity contribution in [3.05, 3.63) is 28.2 Å². The summed E-state index contributed by atoms with van der Waals surface area (Å²) in [7, 11) is -1.25. The molecule has 0 aromatic heterocycles. The molecule has 1 saturated heterocycles. The highest BCUT2D eigenvalue weighted by atomic mass is 35.5. The number of hydrogen-bond donors (Lipinski definition) is 1. The third kappa shape index (κ3) is 4.42. The molecular formula is C14H18Cl2N2O2S. The van der Waals surface area contributed by atoms with Gasteiger partial charge in [0, 0.05) is 17.3 Å². The third-order valence-corrected chi connectivity index (χ3v) is 5.70. The largest absolute Gasteiger partial charge is 0.368 e. The molecule has 0 radical (unpaired) electrons. The Morgan fingerprint density at radius 2 is 2.14 bits per heavy atom. The summed E-state index contributed by atoms with van der Waals surface area (Å²) in [5.41, 5.74) is 5.42. The van der Waals surface area contributed by atoms with Crippen molar-refractivity contribution in [2.24, 2.45) is 5.73 Å². The topological polar surface area (TPSA) is 63.4 Å². The molecule has 2 rings (SSSR count). The molecule has 0 bridgehead atoms. The first-order valence-corrected chi connectivity index (χ1v) is 8.93. The number of carbonyl (C=O) groups excluding carboxylic acids is 1. The highest BCUT2D eigenvalue weighted by Gasteiger charge is 2.27. The Morgan fingerprint density at radius 1 is 1.38 bits per heavy atom. The molecular weight excluding hydrogens is 331 g/mol. The van der Waals surface area contributed by atoms with Crippen LogP contribution in [0.25, 0.3) is 0 Å². The van der Waals surface area contributed by atoms with Crippen LogP contribution in [0, 0.1) is 0 Å². The lowest BCUT2D eigenvalue weighted by Crippen LogP contribution is -2.48. The van der Waals surface area contributed by atoms with E-state index < -0.39 is 10.8 Å². The zero-order valence-electron chi connectivity index (χ0n) is 11.6. The van der Waals surface area contributed by atoms with Gasteiger partial charge in [0.25, 0.3) is 0 Å². The monoisotopic (exact) mass is 348 g/mol. The molecule has 1 aromatic carbocycles. The van der Waals surface area contributed by atoms with Gasteiger partial charge in [-0.3, -0.25) is 13.9 Å². The number of nitrogens with two attached hydrogens (primary N) is 1. The predicted octanol–water partition coefficient (Wildman–Crippen LogP) is 2.44. The lowest BCUT2D eigenvalue weighted by molar-refractivity contribution is -0.124. The van der Waals surface area contributed by atoms with Gasteiger partial charge in [0.15, 0.2) is 0 Å². The number of hydrogen-bond acceptors (Lipinski definition) is 3. The molecule has 2 atom stereocenters. The molecule has 0 spiro atoms. The Hall–Kier alpha value is -0.620. The lowest BCUT2D eigenvalue weighted by Gasteiger charge is -2.33. The van der Waals surface area contributed by atoms with E-state index in [-0.39, 0.29) is 11.9 Å². The van der Waals surface area contributed by atoms with Crippen molar-refractivity contribution >= 4 is 39.9 Å². The van der Waals surface area contributed by atoms with E-state index in [2.05, 4.69) is 0 Å². The van der Waals surface area contributed by atoms with E-state index in [0.29, 0.717) is 27.2 Å². The number of halogens is 2. The number of piperidine rings is 1. The quantitative estimate of drug-likeness (QED) is 0.888. The van der Waals surface area contributed by atoms with Gasteiger partial charge in [-0.15, -0.1) is 0 Å². The molecule has 1 aliphatic rings. The van der Waals surface area contributed by atoms with E-state index in [0.717, 1.165) is 25.8 Å². The molecule has 4 nitrogen and oxygen atoms in total. The van der Waals surface area contributed by atoms with Gasteiger partial charge in [-0.2, -0.15) is 0 Å². The van der Waals surface area contributed by atoms with E-state index >= 15 is 0 Å². The molecule has 1 aliphatic heterocycles. The van der Waals surface area contributed by atoms with Gasteiger partial charge in [-0.05, 0) is 37.6 Å². The Morgan fingerprint density at radius 3 is 2.86 bits per heavy atom. The normalized spacial score (nSPS) is 21.1. The highest BCUT2D eigenvalue weighted by Crippen LogP contribution is 2.24. The van der Waals surface area contributed by atoms with Crippen LogP contribution >= 0.6 is 23.2 Å². The smallest absolute Gasteiger partial charge is 0.234 e. The maximum atomic E-state index is 12.4. The number of likely N-dealkylation sites (tertiary alicyclic amines) is 1. The van der Waals surface area contributed by atoms with Crippen LogP contribution in [0.15, 0.2) is 23.1 Å². The SMILES string of the molecule is NC(=O)[C@@H]1CCCCN1CC[S@@](=O)c1cc(Cl)ccc1Cl. The molecule has 1 amide bonds. The first-order valence-electron chi connectivity index (χ1n) is 6.86. The molecule has 7 heteroatoms. The summed E-state index contributed by atoms with van der Waals surface area (Å²) < 4.78 is 12.4. The van der Waals surface area contributed by atoms with Crippen LogP contribution in [-0.4, -0.2) is 39.9 Å². The zero-order chi connectivity index (χ0) is 15.4. The van der Waals surface area contributed by atoms with Gasteiger partial charge in [0.2, 0.25) is 5.91 Å². The number of amides is 1.